The number of amides is 2. The van der Waals surface area contributed by atoms with Crippen molar-refractivity contribution in [3.05, 3.63) is 39.7 Å². The summed E-state index contributed by atoms with van der Waals surface area (Å²) in [5.41, 5.74) is -1.50. The van der Waals surface area contributed by atoms with Crippen molar-refractivity contribution >= 4 is 29.4 Å². The number of hydrogen-bond donors (Lipinski definition) is 1. The molecule has 10 nitrogen and oxygen atoms in total. The van der Waals surface area contributed by atoms with Gasteiger partial charge in [-0.05, 0) is 49.8 Å². The van der Waals surface area contributed by atoms with Crippen LogP contribution in [0.25, 0.3) is 0 Å². The molecule has 2 fully saturated rings. The highest BCUT2D eigenvalue weighted by Gasteiger charge is 2.50. The van der Waals surface area contributed by atoms with Crippen molar-refractivity contribution < 1.29 is 37.4 Å². The standard InChI is InChI=1S/C29H35ClF3N5O5/c1-16-12-23(39)37(13-16)14-21-24-17(9-11-38(21)26(40)18-6-4-5-10-28(18,2)27(41)42)19(30)7-8-22(24)43-15-20-25(29(31,32)33)36(3)35-34-20/h7-8,16,18,21H,4-6,9-15H2,1-3H3,(H,41,42)/t16-,18+,21-,28+/m1/s1. The second-order valence-corrected chi connectivity index (χ2v) is 12.6. The van der Waals surface area contributed by atoms with Gasteiger partial charge in [0.1, 0.15) is 18.1 Å². The predicted octanol–water partition coefficient (Wildman–Crippen LogP) is 4.64. The van der Waals surface area contributed by atoms with E-state index in [9.17, 15) is 32.7 Å². The highest BCUT2D eigenvalue weighted by Crippen LogP contribution is 2.47. The Labute approximate surface area is 252 Å². The number of rotatable bonds is 7. The fourth-order valence-electron chi connectivity index (χ4n) is 6.89. The van der Waals surface area contributed by atoms with Gasteiger partial charge < -0.3 is 19.6 Å². The van der Waals surface area contributed by atoms with Gasteiger partial charge in [-0.15, -0.1) is 5.10 Å². The summed E-state index contributed by atoms with van der Waals surface area (Å²) in [6.07, 6.45) is -1.80. The first-order chi connectivity index (χ1) is 20.2. The van der Waals surface area contributed by atoms with Crippen molar-refractivity contribution in [2.75, 3.05) is 19.6 Å². The summed E-state index contributed by atoms with van der Waals surface area (Å²) in [5.74, 6) is -1.86. The smallest absolute Gasteiger partial charge is 0.435 e. The lowest BCUT2D eigenvalue weighted by Crippen LogP contribution is -2.52. The largest absolute Gasteiger partial charge is 0.487 e. The van der Waals surface area contributed by atoms with Gasteiger partial charge in [-0.3, -0.25) is 14.4 Å². The highest BCUT2D eigenvalue weighted by atomic mass is 35.5. The summed E-state index contributed by atoms with van der Waals surface area (Å²) in [6.45, 7) is 3.87. The van der Waals surface area contributed by atoms with Gasteiger partial charge in [0.25, 0.3) is 0 Å². The number of hydrogen-bond acceptors (Lipinski definition) is 6. The monoisotopic (exact) mass is 625 g/mol. The van der Waals surface area contributed by atoms with Crippen molar-refractivity contribution in [2.45, 2.75) is 71.2 Å². The normalized spacial score (nSPS) is 26.0. The van der Waals surface area contributed by atoms with E-state index < -0.39 is 47.5 Å². The number of halogens is 4. The molecule has 0 bridgehead atoms. The van der Waals surface area contributed by atoms with Gasteiger partial charge in [0, 0.05) is 43.7 Å². The molecular weight excluding hydrogens is 591 g/mol. The first-order valence-corrected chi connectivity index (χ1v) is 14.8. The van der Waals surface area contributed by atoms with E-state index in [0.717, 1.165) is 13.5 Å². The molecule has 2 aliphatic heterocycles. The first-order valence-electron chi connectivity index (χ1n) is 14.4. The third-order valence-electron chi connectivity index (χ3n) is 9.18. The molecule has 1 saturated carbocycles. The minimum absolute atomic E-state index is 0.0704. The Morgan fingerprint density at radius 3 is 2.65 bits per heavy atom. The topological polar surface area (TPSA) is 118 Å². The molecule has 0 unspecified atom stereocenters. The summed E-state index contributed by atoms with van der Waals surface area (Å²) in [4.78, 5) is 42.9. The van der Waals surface area contributed by atoms with Crippen LogP contribution in [0, 0.1) is 17.3 Å². The Morgan fingerprint density at radius 1 is 1.26 bits per heavy atom. The lowest BCUT2D eigenvalue weighted by molar-refractivity contribution is -0.162. The van der Waals surface area contributed by atoms with E-state index in [0.29, 0.717) is 59.5 Å². The maximum Gasteiger partial charge on any atom is 0.435 e. The van der Waals surface area contributed by atoms with Gasteiger partial charge in [-0.25, -0.2) is 4.68 Å². The number of aliphatic carboxylic acids is 1. The Kier molecular flexibility index (Phi) is 8.40. The number of aromatic nitrogens is 3. The van der Waals surface area contributed by atoms with E-state index in [1.165, 1.54) is 0 Å². The van der Waals surface area contributed by atoms with Gasteiger partial charge in [-0.2, -0.15) is 13.2 Å². The van der Waals surface area contributed by atoms with Crippen LogP contribution in [-0.2, 0) is 40.6 Å². The van der Waals surface area contributed by atoms with E-state index in [2.05, 4.69) is 10.3 Å². The molecular formula is C29H35ClF3N5O5. The summed E-state index contributed by atoms with van der Waals surface area (Å²) in [7, 11) is 1.15. The number of carbonyl (C=O) groups is 3. The number of ether oxygens (including phenoxy) is 1. The van der Waals surface area contributed by atoms with E-state index in [1.807, 2.05) is 6.92 Å². The van der Waals surface area contributed by atoms with Crippen LogP contribution in [0.15, 0.2) is 12.1 Å². The first kappa shape index (κ1) is 31.1. The highest BCUT2D eigenvalue weighted by molar-refractivity contribution is 6.31. The zero-order valence-corrected chi connectivity index (χ0v) is 25.0. The fraction of sp³-hybridized carbons (Fsp3) is 0.621. The van der Waals surface area contributed by atoms with Crippen LogP contribution in [0.2, 0.25) is 5.02 Å². The lowest BCUT2D eigenvalue weighted by Gasteiger charge is -2.45. The predicted molar refractivity (Wildman–Crippen MR) is 148 cm³/mol. The van der Waals surface area contributed by atoms with E-state index >= 15 is 0 Å². The van der Waals surface area contributed by atoms with Crippen LogP contribution >= 0.6 is 11.6 Å². The number of benzene rings is 1. The van der Waals surface area contributed by atoms with Gasteiger partial charge in [0.15, 0.2) is 5.69 Å². The Balaban J connectivity index is 1.55. The van der Waals surface area contributed by atoms with Gasteiger partial charge in [0.05, 0.1) is 17.4 Å². The molecule has 0 radical (unpaired) electrons. The van der Waals surface area contributed by atoms with Crippen LogP contribution in [-0.4, -0.2) is 67.3 Å². The van der Waals surface area contributed by atoms with Crippen LogP contribution in [0.3, 0.4) is 0 Å². The Morgan fingerprint density at radius 2 is 2.00 bits per heavy atom. The van der Waals surface area contributed by atoms with E-state index in [1.54, 1.807) is 28.9 Å². The van der Waals surface area contributed by atoms with Crippen molar-refractivity contribution in [3.8, 4) is 5.75 Å². The maximum atomic E-state index is 14.3. The third kappa shape index (κ3) is 5.80. The average molecular weight is 626 g/mol. The lowest BCUT2D eigenvalue weighted by atomic mass is 9.66. The number of carboxylic acid groups (broad SMARTS) is 1. The van der Waals surface area contributed by atoms with Gasteiger partial charge in [-0.1, -0.05) is 36.6 Å². The molecule has 1 saturated heterocycles. The van der Waals surface area contributed by atoms with Crippen LogP contribution in [0.1, 0.15) is 74.5 Å². The van der Waals surface area contributed by atoms with Crippen molar-refractivity contribution in [1.82, 2.24) is 24.8 Å². The van der Waals surface area contributed by atoms with Gasteiger partial charge >= 0.3 is 12.1 Å². The zero-order valence-electron chi connectivity index (χ0n) is 24.3. The molecule has 14 heteroatoms. The number of fused-ring (bicyclic) bond motifs is 1. The maximum absolute atomic E-state index is 14.3. The van der Waals surface area contributed by atoms with E-state index in [4.69, 9.17) is 16.3 Å². The second kappa shape index (κ2) is 11.6. The van der Waals surface area contributed by atoms with Crippen LogP contribution < -0.4 is 4.74 Å². The summed E-state index contributed by atoms with van der Waals surface area (Å²) in [6, 6.07) is 2.39. The molecule has 3 aliphatic rings. The Bertz CT molecular complexity index is 1430. The number of carboxylic acids is 1. The van der Waals surface area contributed by atoms with Crippen LogP contribution in [0.4, 0.5) is 13.2 Å². The minimum Gasteiger partial charge on any atom is -0.487 e. The number of nitrogens with zero attached hydrogens (tertiary/aromatic N) is 5. The third-order valence-corrected chi connectivity index (χ3v) is 9.53. The number of likely N-dealkylation sites (tertiary alicyclic amines) is 1. The molecule has 3 heterocycles. The fourth-order valence-corrected chi connectivity index (χ4v) is 7.15. The van der Waals surface area contributed by atoms with Crippen molar-refractivity contribution in [2.24, 2.45) is 24.3 Å². The van der Waals surface area contributed by atoms with Crippen LogP contribution in [0.5, 0.6) is 5.75 Å². The number of alkyl halides is 3. The molecule has 4 atom stereocenters. The SMILES string of the molecule is C[C@@H]1CC(=O)N(C[C@@H]2c3c(OCc4nnn(C)c4C(F)(F)F)ccc(Cl)c3CCN2C(=O)[C@@H]2CCCC[C@]2(C)C(=O)O)C1. The van der Waals surface area contributed by atoms with Crippen molar-refractivity contribution in [3.63, 3.8) is 0 Å². The van der Waals surface area contributed by atoms with Crippen molar-refractivity contribution in [1.29, 1.82) is 0 Å². The second-order valence-electron chi connectivity index (χ2n) is 12.2. The molecule has 1 aromatic heterocycles. The molecule has 5 rings (SSSR count). The molecule has 2 aromatic rings. The summed E-state index contributed by atoms with van der Waals surface area (Å²) < 4.78 is 47.7. The molecule has 43 heavy (non-hydrogen) atoms. The summed E-state index contributed by atoms with van der Waals surface area (Å²) in [5, 5.41) is 17.7. The molecule has 1 N–H and O–H groups in total. The Hall–Kier alpha value is -3.35. The molecule has 1 aliphatic carbocycles. The summed E-state index contributed by atoms with van der Waals surface area (Å²) >= 11 is 6.62. The molecule has 0 spiro atoms. The van der Waals surface area contributed by atoms with Gasteiger partial charge in [0.2, 0.25) is 11.8 Å². The number of aryl methyl sites for hydroxylation is 1. The molecule has 1 aromatic carbocycles. The number of carbonyl (C=O) groups excluding carboxylic acids is 2. The molecule has 234 valence electrons. The molecule has 2 amide bonds. The zero-order chi connectivity index (χ0) is 31.3. The van der Waals surface area contributed by atoms with E-state index in [-0.39, 0.29) is 36.6 Å². The minimum atomic E-state index is -4.70. The average Bonchev–Trinajstić information content (AvgIpc) is 3.48. The quantitative estimate of drug-likeness (QED) is 0.476.